The molecule has 0 fully saturated rings. The summed E-state index contributed by atoms with van der Waals surface area (Å²) in [4.78, 5) is 32.8. The topological polar surface area (TPSA) is 65.6 Å². The van der Waals surface area contributed by atoms with Crippen LogP contribution < -0.4 is 0 Å². The third-order valence-electron chi connectivity index (χ3n) is 6.06. The van der Waals surface area contributed by atoms with E-state index in [0.717, 1.165) is 22.0 Å². The number of fused-ring (bicyclic) bond motifs is 1. The Morgan fingerprint density at radius 1 is 1.06 bits per heavy atom. The number of halogens is 2. The Hall–Kier alpha value is -2.54. The summed E-state index contributed by atoms with van der Waals surface area (Å²) in [5, 5.41) is 2.08. The van der Waals surface area contributed by atoms with Crippen LogP contribution in [0.1, 0.15) is 31.9 Å². The summed E-state index contributed by atoms with van der Waals surface area (Å²) in [6, 6.07) is 13.0. The van der Waals surface area contributed by atoms with Gasteiger partial charge in [0.05, 0.1) is 23.7 Å². The molecule has 1 atom stereocenters. The molecule has 3 aromatic rings. The number of nitrogens with one attached hydrogen (secondary N) is 1. The van der Waals surface area contributed by atoms with Crippen LogP contribution in [0.4, 0.5) is 0 Å². The number of amides is 1. The fraction of sp³-hybridized carbons (Fsp3) is 0.407. The SMILES string of the molecule is COC(=O)C(C)N(CC(=O)N(CCc1c[nH]c2ccccc12)Cc1ccc(Cl)c(Cl)c1)CC(C)C. The lowest BCUT2D eigenvalue weighted by Crippen LogP contribution is -2.48. The summed E-state index contributed by atoms with van der Waals surface area (Å²) in [5.74, 6) is -0.134. The van der Waals surface area contributed by atoms with Gasteiger partial charge in [0, 0.05) is 36.7 Å². The minimum Gasteiger partial charge on any atom is -0.468 e. The zero-order chi connectivity index (χ0) is 25.5. The van der Waals surface area contributed by atoms with Crippen LogP contribution in [-0.4, -0.2) is 59.4 Å². The molecular formula is C27H33Cl2N3O3. The molecule has 0 saturated carbocycles. The average Bonchev–Trinajstić information content (AvgIpc) is 3.25. The molecule has 0 bridgehead atoms. The van der Waals surface area contributed by atoms with Crippen LogP contribution in [-0.2, 0) is 27.3 Å². The predicted octanol–water partition coefficient (Wildman–Crippen LogP) is 5.57. The van der Waals surface area contributed by atoms with Crippen molar-refractivity contribution < 1.29 is 14.3 Å². The first-order valence-corrected chi connectivity index (χ1v) is 12.5. The molecule has 2 aromatic carbocycles. The Morgan fingerprint density at radius 2 is 1.80 bits per heavy atom. The smallest absolute Gasteiger partial charge is 0.322 e. The minimum atomic E-state index is -0.521. The second-order valence-corrected chi connectivity index (χ2v) is 10.0. The monoisotopic (exact) mass is 517 g/mol. The molecule has 1 amide bonds. The number of para-hydroxylation sites is 1. The molecule has 8 heteroatoms. The highest BCUT2D eigenvalue weighted by Crippen LogP contribution is 2.24. The lowest BCUT2D eigenvalue weighted by atomic mass is 10.1. The van der Waals surface area contributed by atoms with E-state index >= 15 is 0 Å². The summed E-state index contributed by atoms with van der Waals surface area (Å²) in [6.07, 6.45) is 2.69. The fourth-order valence-electron chi connectivity index (χ4n) is 4.17. The molecule has 3 rings (SSSR count). The number of ether oxygens (including phenoxy) is 1. The van der Waals surface area contributed by atoms with Crippen LogP contribution in [0.15, 0.2) is 48.7 Å². The van der Waals surface area contributed by atoms with Crippen molar-refractivity contribution in [2.45, 2.75) is 39.8 Å². The second-order valence-electron chi connectivity index (χ2n) is 9.20. The van der Waals surface area contributed by atoms with Gasteiger partial charge in [-0.05, 0) is 48.6 Å². The third-order valence-corrected chi connectivity index (χ3v) is 6.80. The zero-order valence-electron chi connectivity index (χ0n) is 20.7. The second kappa shape index (κ2) is 12.4. The standard InChI is InChI=1S/C27H33Cl2N3O3/c1-18(2)15-32(19(3)27(34)35-4)17-26(33)31(16-20-9-10-23(28)24(29)13-20)12-11-21-14-30-25-8-6-5-7-22(21)25/h5-10,13-14,18-19,30H,11-12,15-17H2,1-4H3. The van der Waals surface area contributed by atoms with Crippen molar-refractivity contribution in [2.75, 3.05) is 26.7 Å². The molecule has 1 heterocycles. The molecule has 1 unspecified atom stereocenters. The van der Waals surface area contributed by atoms with Crippen LogP contribution in [0.5, 0.6) is 0 Å². The van der Waals surface area contributed by atoms with Gasteiger partial charge in [0.15, 0.2) is 0 Å². The Balaban J connectivity index is 1.82. The van der Waals surface area contributed by atoms with Gasteiger partial charge in [0.25, 0.3) is 0 Å². The van der Waals surface area contributed by atoms with Gasteiger partial charge in [-0.15, -0.1) is 0 Å². The molecule has 0 spiro atoms. The van der Waals surface area contributed by atoms with E-state index in [1.54, 1.807) is 19.1 Å². The summed E-state index contributed by atoms with van der Waals surface area (Å²) in [7, 11) is 1.37. The molecule has 0 aliphatic heterocycles. The van der Waals surface area contributed by atoms with Gasteiger partial charge in [-0.1, -0.05) is 61.3 Å². The van der Waals surface area contributed by atoms with Crippen LogP contribution in [0.2, 0.25) is 10.0 Å². The number of hydrogen-bond acceptors (Lipinski definition) is 4. The molecule has 188 valence electrons. The Kier molecular flexibility index (Phi) is 9.61. The van der Waals surface area contributed by atoms with Gasteiger partial charge in [0.1, 0.15) is 6.04 Å². The van der Waals surface area contributed by atoms with Gasteiger partial charge in [-0.3, -0.25) is 14.5 Å². The zero-order valence-corrected chi connectivity index (χ0v) is 22.2. The predicted molar refractivity (Wildman–Crippen MR) is 142 cm³/mol. The summed E-state index contributed by atoms with van der Waals surface area (Å²) in [6.45, 7) is 7.52. The van der Waals surface area contributed by atoms with Gasteiger partial charge in [0.2, 0.25) is 5.91 Å². The van der Waals surface area contributed by atoms with Crippen LogP contribution in [0.25, 0.3) is 10.9 Å². The van der Waals surface area contributed by atoms with Gasteiger partial charge < -0.3 is 14.6 Å². The molecule has 0 saturated heterocycles. The largest absolute Gasteiger partial charge is 0.468 e. The lowest BCUT2D eigenvalue weighted by Gasteiger charge is -2.31. The number of carbonyl (C=O) groups is 2. The van der Waals surface area contributed by atoms with Crippen molar-refractivity contribution in [3.8, 4) is 0 Å². The molecule has 35 heavy (non-hydrogen) atoms. The minimum absolute atomic E-state index is 0.0627. The van der Waals surface area contributed by atoms with E-state index in [1.165, 1.54) is 7.11 Å². The van der Waals surface area contributed by atoms with Crippen LogP contribution in [0.3, 0.4) is 0 Å². The molecular weight excluding hydrogens is 485 g/mol. The van der Waals surface area contributed by atoms with Crippen molar-refractivity contribution in [3.05, 3.63) is 69.8 Å². The molecule has 6 nitrogen and oxygen atoms in total. The number of rotatable bonds is 11. The van der Waals surface area contributed by atoms with Crippen molar-refractivity contribution in [3.63, 3.8) is 0 Å². The highest BCUT2D eigenvalue weighted by Gasteiger charge is 2.27. The maximum Gasteiger partial charge on any atom is 0.322 e. The van der Waals surface area contributed by atoms with E-state index < -0.39 is 6.04 Å². The van der Waals surface area contributed by atoms with E-state index in [-0.39, 0.29) is 24.3 Å². The first kappa shape index (κ1) is 27.1. The quantitative estimate of drug-likeness (QED) is 0.338. The molecule has 0 aliphatic carbocycles. The maximum absolute atomic E-state index is 13.6. The number of H-pyrrole nitrogens is 1. The number of aromatic nitrogens is 1. The summed E-state index contributed by atoms with van der Waals surface area (Å²) >= 11 is 12.3. The summed E-state index contributed by atoms with van der Waals surface area (Å²) < 4.78 is 4.94. The number of carbonyl (C=O) groups excluding carboxylic acids is 2. The number of benzene rings is 2. The average molecular weight is 518 g/mol. The van der Waals surface area contributed by atoms with Crippen molar-refractivity contribution in [2.24, 2.45) is 5.92 Å². The van der Waals surface area contributed by atoms with E-state index in [0.29, 0.717) is 36.1 Å². The lowest BCUT2D eigenvalue weighted by molar-refractivity contribution is -0.147. The first-order valence-electron chi connectivity index (χ1n) is 11.8. The van der Waals surface area contributed by atoms with Crippen LogP contribution >= 0.6 is 23.2 Å². The Morgan fingerprint density at radius 3 is 2.49 bits per heavy atom. The van der Waals surface area contributed by atoms with Crippen molar-refractivity contribution >= 4 is 46.0 Å². The van der Waals surface area contributed by atoms with Crippen molar-refractivity contribution in [1.82, 2.24) is 14.8 Å². The van der Waals surface area contributed by atoms with E-state index in [4.69, 9.17) is 27.9 Å². The number of nitrogens with zero attached hydrogens (tertiary/aromatic N) is 2. The number of esters is 1. The van der Waals surface area contributed by atoms with Crippen molar-refractivity contribution in [1.29, 1.82) is 0 Å². The van der Waals surface area contributed by atoms with E-state index in [1.807, 2.05) is 40.3 Å². The van der Waals surface area contributed by atoms with Gasteiger partial charge >= 0.3 is 5.97 Å². The number of hydrogen-bond donors (Lipinski definition) is 1. The maximum atomic E-state index is 13.6. The first-order chi connectivity index (χ1) is 16.7. The van der Waals surface area contributed by atoms with E-state index in [9.17, 15) is 9.59 Å². The van der Waals surface area contributed by atoms with Crippen LogP contribution in [0, 0.1) is 5.92 Å². The fourth-order valence-corrected chi connectivity index (χ4v) is 4.49. The Bertz CT molecular complexity index is 1160. The highest BCUT2D eigenvalue weighted by molar-refractivity contribution is 6.42. The molecule has 0 aliphatic rings. The highest BCUT2D eigenvalue weighted by atomic mass is 35.5. The molecule has 1 N–H and O–H groups in total. The Labute approximate surface area is 217 Å². The molecule has 1 aromatic heterocycles. The molecule has 0 radical (unpaired) electrons. The third kappa shape index (κ3) is 7.23. The normalized spacial score (nSPS) is 12.3. The van der Waals surface area contributed by atoms with Gasteiger partial charge in [-0.25, -0.2) is 0 Å². The number of aromatic amines is 1. The van der Waals surface area contributed by atoms with E-state index in [2.05, 4.69) is 24.9 Å². The van der Waals surface area contributed by atoms with Gasteiger partial charge in [-0.2, -0.15) is 0 Å². The number of methoxy groups -OCH3 is 1. The summed E-state index contributed by atoms with van der Waals surface area (Å²) in [5.41, 5.74) is 3.11.